The molecule has 0 radical (unpaired) electrons. The smallest absolute Gasteiger partial charge is 0.253 e. The number of hydrogen-bond acceptors (Lipinski definition) is 4. The maximum atomic E-state index is 12.2. The van der Waals surface area contributed by atoms with E-state index < -0.39 is 0 Å². The normalized spacial score (nSPS) is 11.0. The van der Waals surface area contributed by atoms with E-state index in [1.807, 2.05) is 52.2 Å². The molecule has 0 unspecified atom stereocenters. The highest BCUT2D eigenvalue weighted by Gasteiger charge is 2.10. The molecular formula is C16H27N3O2. The Kier molecular flexibility index (Phi) is 7.79. The number of carbonyl (C=O) groups excluding carboxylic acids is 1. The first-order valence-electron chi connectivity index (χ1n) is 7.37. The van der Waals surface area contributed by atoms with Gasteiger partial charge in [-0.3, -0.25) is 4.79 Å². The Morgan fingerprint density at radius 1 is 1.24 bits per heavy atom. The summed E-state index contributed by atoms with van der Waals surface area (Å²) in [6.07, 6.45) is 0. The van der Waals surface area contributed by atoms with Crippen molar-refractivity contribution in [3.05, 3.63) is 29.8 Å². The molecule has 118 valence electrons. The van der Waals surface area contributed by atoms with Crippen LogP contribution in [0.5, 0.6) is 0 Å². The highest BCUT2D eigenvalue weighted by molar-refractivity contribution is 5.99. The number of ether oxygens (including phenoxy) is 1. The maximum Gasteiger partial charge on any atom is 0.253 e. The molecule has 0 aliphatic rings. The summed E-state index contributed by atoms with van der Waals surface area (Å²) < 4.78 is 5.45. The first kappa shape index (κ1) is 17.5. The van der Waals surface area contributed by atoms with Crippen LogP contribution in [0.3, 0.4) is 0 Å². The van der Waals surface area contributed by atoms with E-state index >= 15 is 0 Å². The van der Waals surface area contributed by atoms with E-state index in [0.717, 1.165) is 12.2 Å². The van der Waals surface area contributed by atoms with Crippen molar-refractivity contribution >= 4 is 11.6 Å². The Labute approximate surface area is 127 Å². The Morgan fingerprint density at radius 3 is 2.62 bits per heavy atom. The zero-order valence-corrected chi connectivity index (χ0v) is 13.5. The summed E-state index contributed by atoms with van der Waals surface area (Å²) in [6.45, 7) is 6.70. The summed E-state index contributed by atoms with van der Waals surface area (Å²) in [4.78, 5) is 14.2. The Bertz CT molecular complexity index is 433. The highest BCUT2D eigenvalue weighted by Crippen LogP contribution is 2.15. The van der Waals surface area contributed by atoms with Crippen LogP contribution in [-0.2, 0) is 4.74 Å². The molecule has 0 fully saturated rings. The third-order valence-electron chi connectivity index (χ3n) is 2.83. The first-order valence-corrected chi connectivity index (χ1v) is 7.37. The van der Waals surface area contributed by atoms with E-state index in [-0.39, 0.29) is 11.9 Å². The lowest BCUT2D eigenvalue weighted by Gasteiger charge is -2.14. The Morgan fingerprint density at radius 2 is 1.95 bits per heavy atom. The molecule has 21 heavy (non-hydrogen) atoms. The number of amides is 1. The van der Waals surface area contributed by atoms with E-state index in [4.69, 9.17) is 4.74 Å². The predicted molar refractivity (Wildman–Crippen MR) is 86.9 cm³/mol. The van der Waals surface area contributed by atoms with Crippen LogP contribution in [0.2, 0.25) is 0 Å². The van der Waals surface area contributed by atoms with Gasteiger partial charge in [0.1, 0.15) is 0 Å². The molecule has 0 heterocycles. The molecule has 1 aromatic carbocycles. The van der Waals surface area contributed by atoms with E-state index in [9.17, 15) is 4.79 Å². The number of para-hydroxylation sites is 1. The molecular weight excluding hydrogens is 266 g/mol. The van der Waals surface area contributed by atoms with Crippen molar-refractivity contribution in [3.63, 3.8) is 0 Å². The SMILES string of the molecule is CC(C)Nc1ccccc1C(=O)NCCOCCN(C)C. The quantitative estimate of drug-likeness (QED) is 0.682. The first-order chi connectivity index (χ1) is 10.0. The minimum atomic E-state index is -0.0741. The van der Waals surface area contributed by atoms with Crippen molar-refractivity contribution in [1.29, 1.82) is 0 Å². The summed E-state index contributed by atoms with van der Waals surface area (Å²) in [6, 6.07) is 7.82. The molecule has 0 saturated carbocycles. The molecule has 0 spiro atoms. The van der Waals surface area contributed by atoms with Crippen molar-refractivity contribution in [2.45, 2.75) is 19.9 Å². The van der Waals surface area contributed by atoms with Crippen molar-refractivity contribution in [2.24, 2.45) is 0 Å². The molecule has 0 saturated heterocycles. The van der Waals surface area contributed by atoms with Crippen LogP contribution in [0.4, 0.5) is 5.69 Å². The molecule has 0 bridgehead atoms. The minimum absolute atomic E-state index is 0.0741. The summed E-state index contributed by atoms with van der Waals surface area (Å²) >= 11 is 0. The number of benzene rings is 1. The number of rotatable bonds is 9. The van der Waals surface area contributed by atoms with Gasteiger partial charge in [-0.15, -0.1) is 0 Å². The third kappa shape index (κ3) is 7.11. The van der Waals surface area contributed by atoms with Gasteiger partial charge in [0.2, 0.25) is 0 Å². The second-order valence-corrected chi connectivity index (χ2v) is 5.52. The number of carbonyl (C=O) groups is 1. The molecule has 5 nitrogen and oxygen atoms in total. The molecule has 0 aliphatic heterocycles. The van der Waals surface area contributed by atoms with Gasteiger partial charge in [0.15, 0.2) is 0 Å². The fourth-order valence-electron chi connectivity index (χ4n) is 1.80. The lowest BCUT2D eigenvalue weighted by Crippen LogP contribution is -2.29. The lowest BCUT2D eigenvalue weighted by molar-refractivity contribution is 0.0901. The number of hydrogen-bond donors (Lipinski definition) is 2. The number of anilines is 1. The van der Waals surface area contributed by atoms with E-state index in [1.54, 1.807) is 0 Å². The standard InChI is InChI=1S/C16H27N3O2/c1-13(2)18-15-8-6-5-7-14(15)16(20)17-9-11-21-12-10-19(3)4/h5-8,13,18H,9-12H2,1-4H3,(H,17,20). The highest BCUT2D eigenvalue weighted by atomic mass is 16.5. The predicted octanol–water partition coefficient (Wildman–Crippen LogP) is 1.81. The van der Waals surface area contributed by atoms with Gasteiger partial charge < -0.3 is 20.3 Å². The topological polar surface area (TPSA) is 53.6 Å². The molecule has 1 rings (SSSR count). The number of nitrogens with one attached hydrogen (secondary N) is 2. The molecule has 1 amide bonds. The Balaban J connectivity index is 2.38. The minimum Gasteiger partial charge on any atom is -0.382 e. The van der Waals surface area contributed by atoms with Crippen LogP contribution in [0.25, 0.3) is 0 Å². The maximum absolute atomic E-state index is 12.2. The summed E-state index contributed by atoms with van der Waals surface area (Å²) in [5, 5.41) is 6.16. The van der Waals surface area contributed by atoms with Gasteiger partial charge in [-0.1, -0.05) is 12.1 Å². The van der Waals surface area contributed by atoms with Crippen molar-refractivity contribution in [1.82, 2.24) is 10.2 Å². The zero-order chi connectivity index (χ0) is 15.7. The van der Waals surface area contributed by atoms with Gasteiger partial charge in [-0.2, -0.15) is 0 Å². The molecule has 1 aromatic rings. The van der Waals surface area contributed by atoms with Crippen LogP contribution in [0.15, 0.2) is 24.3 Å². The van der Waals surface area contributed by atoms with Crippen molar-refractivity contribution < 1.29 is 9.53 Å². The van der Waals surface area contributed by atoms with Crippen LogP contribution in [-0.4, -0.2) is 57.2 Å². The van der Waals surface area contributed by atoms with Gasteiger partial charge in [-0.25, -0.2) is 0 Å². The Hall–Kier alpha value is -1.59. The van der Waals surface area contributed by atoms with Gasteiger partial charge in [0.25, 0.3) is 5.91 Å². The summed E-state index contributed by atoms with van der Waals surface area (Å²) in [7, 11) is 4.01. The molecule has 5 heteroatoms. The molecule has 0 aliphatic carbocycles. The zero-order valence-electron chi connectivity index (χ0n) is 13.5. The fraction of sp³-hybridized carbons (Fsp3) is 0.562. The van der Waals surface area contributed by atoms with Gasteiger partial charge in [-0.05, 0) is 40.1 Å². The van der Waals surface area contributed by atoms with Crippen LogP contribution >= 0.6 is 0 Å². The average molecular weight is 293 g/mol. The molecule has 0 atom stereocenters. The van der Waals surface area contributed by atoms with Crippen molar-refractivity contribution in [3.8, 4) is 0 Å². The van der Waals surface area contributed by atoms with Crippen molar-refractivity contribution in [2.75, 3.05) is 45.7 Å². The summed E-state index contributed by atoms with van der Waals surface area (Å²) in [5.74, 6) is -0.0741. The van der Waals surface area contributed by atoms with Crippen LogP contribution in [0.1, 0.15) is 24.2 Å². The lowest BCUT2D eigenvalue weighted by atomic mass is 10.1. The fourth-order valence-corrected chi connectivity index (χ4v) is 1.80. The van der Waals surface area contributed by atoms with E-state index in [0.29, 0.717) is 25.3 Å². The average Bonchev–Trinajstić information content (AvgIpc) is 2.42. The second kappa shape index (κ2) is 9.37. The van der Waals surface area contributed by atoms with Crippen LogP contribution in [0, 0.1) is 0 Å². The van der Waals surface area contributed by atoms with E-state index in [2.05, 4.69) is 15.5 Å². The number of likely N-dealkylation sites (N-methyl/N-ethyl adjacent to an activating group) is 1. The number of nitrogens with zero attached hydrogens (tertiary/aromatic N) is 1. The molecule has 0 aromatic heterocycles. The van der Waals surface area contributed by atoms with Gasteiger partial charge in [0.05, 0.1) is 18.8 Å². The monoisotopic (exact) mass is 293 g/mol. The van der Waals surface area contributed by atoms with Crippen LogP contribution < -0.4 is 10.6 Å². The van der Waals surface area contributed by atoms with E-state index in [1.165, 1.54) is 0 Å². The summed E-state index contributed by atoms with van der Waals surface area (Å²) in [5.41, 5.74) is 1.53. The van der Waals surface area contributed by atoms with Gasteiger partial charge >= 0.3 is 0 Å². The third-order valence-corrected chi connectivity index (χ3v) is 2.83. The van der Waals surface area contributed by atoms with Gasteiger partial charge in [0, 0.05) is 24.8 Å². The molecule has 2 N–H and O–H groups in total. The second-order valence-electron chi connectivity index (χ2n) is 5.52. The largest absolute Gasteiger partial charge is 0.382 e.